The molecule has 2 rings (SSSR count). The Hall–Kier alpha value is -2.21. The summed E-state index contributed by atoms with van der Waals surface area (Å²) in [6, 6.07) is 6.05. The lowest BCUT2D eigenvalue weighted by Crippen LogP contribution is -2.36. The van der Waals surface area contributed by atoms with Gasteiger partial charge in [-0.3, -0.25) is 4.79 Å². The molecule has 0 bridgehead atoms. The minimum Gasteiger partial charge on any atom is -0.375 e. The van der Waals surface area contributed by atoms with Crippen molar-refractivity contribution in [2.75, 3.05) is 6.61 Å². The van der Waals surface area contributed by atoms with Gasteiger partial charge in [0.1, 0.15) is 5.82 Å². The second kappa shape index (κ2) is 7.54. The molecule has 0 aliphatic rings. The summed E-state index contributed by atoms with van der Waals surface area (Å²) in [4.78, 5) is 18.5. The highest BCUT2D eigenvalue weighted by Crippen LogP contribution is 2.04. The number of aromatic amines is 1. The van der Waals surface area contributed by atoms with Crippen molar-refractivity contribution in [1.29, 1.82) is 0 Å². The van der Waals surface area contributed by atoms with Crippen LogP contribution >= 0.6 is 0 Å². The quantitative estimate of drug-likeness (QED) is 0.817. The third-order valence-electron chi connectivity index (χ3n) is 2.86. The van der Waals surface area contributed by atoms with E-state index < -0.39 is 0 Å². The molecular formula is C15H18FN3O2. The van der Waals surface area contributed by atoms with Crippen molar-refractivity contribution in [2.45, 2.75) is 26.0 Å². The molecule has 0 radical (unpaired) electrons. The lowest BCUT2D eigenvalue weighted by Gasteiger charge is -2.14. The van der Waals surface area contributed by atoms with E-state index in [1.165, 1.54) is 18.5 Å². The zero-order valence-corrected chi connectivity index (χ0v) is 11.8. The molecule has 1 aromatic carbocycles. The Balaban J connectivity index is 1.66. The Morgan fingerprint density at radius 3 is 2.86 bits per heavy atom. The monoisotopic (exact) mass is 291 g/mol. The number of hydrogen-bond donors (Lipinski definition) is 2. The van der Waals surface area contributed by atoms with E-state index in [1.807, 2.05) is 6.92 Å². The van der Waals surface area contributed by atoms with Gasteiger partial charge in [-0.25, -0.2) is 9.37 Å². The van der Waals surface area contributed by atoms with E-state index in [4.69, 9.17) is 4.74 Å². The lowest BCUT2D eigenvalue weighted by atomic mass is 10.2. The smallest absolute Gasteiger partial charge is 0.226 e. The third kappa shape index (κ3) is 5.35. The zero-order valence-electron chi connectivity index (χ0n) is 11.8. The molecule has 0 aliphatic carbocycles. The SMILES string of the molecule is CC(COCc1ccc(F)cc1)NC(=O)Cc1cnc[nH]1. The van der Waals surface area contributed by atoms with Gasteiger partial charge in [-0.2, -0.15) is 0 Å². The number of hydrogen-bond acceptors (Lipinski definition) is 3. The molecule has 1 aromatic heterocycles. The van der Waals surface area contributed by atoms with Crippen molar-refractivity contribution in [2.24, 2.45) is 0 Å². The fourth-order valence-corrected chi connectivity index (χ4v) is 1.86. The van der Waals surface area contributed by atoms with E-state index in [0.29, 0.717) is 13.2 Å². The summed E-state index contributed by atoms with van der Waals surface area (Å²) < 4.78 is 18.2. The summed E-state index contributed by atoms with van der Waals surface area (Å²) in [5.74, 6) is -0.352. The molecule has 0 fully saturated rings. The summed E-state index contributed by atoms with van der Waals surface area (Å²) in [7, 11) is 0. The van der Waals surface area contributed by atoms with Gasteiger partial charge < -0.3 is 15.0 Å². The minimum absolute atomic E-state index is 0.0860. The van der Waals surface area contributed by atoms with Crippen LogP contribution in [0.1, 0.15) is 18.2 Å². The number of imidazole rings is 1. The summed E-state index contributed by atoms with van der Waals surface area (Å²) in [5, 5.41) is 2.84. The molecular weight excluding hydrogens is 273 g/mol. The normalized spacial score (nSPS) is 12.1. The van der Waals surface area contributed by atoms with Crippen molar-refractivity contribution >= 4 is 5.91 Å². The molecule has 1 atom stereocenters. The van der Waals surface area contributed by atoms with Crippen molar-refractivity contribution in [3.63, 3.8) is 0 Å². The van der Waals surface area contributed by atoms with Crippen molar-refractivity contribution in [1.82, 2.24) is 15.3 Å². The average Bonchev–Trinajstić information content (AvgIpc) is 2.93. The van der Waals surface area contributed by atoms with Gasteiger partial charge in [-0.1, -0.05) is 12.1 Å². The van der Waals surface area contributed by atoms with Crippen LogP contribution in [-0.2, 0) is 22.6 Å². The maximum Gasteiger partial charge on any atom is 0.226 e. The first-order valence-corrected chi connectivity index (χ1v) is 6.72. The second-order valence-corrected chi connectivity index (χ2v) is 4.86. The molecule has 6 heteroatoms. The summed E-state index contributed by atoms with van der Waals surface area (Å²) >= 11 is 0. The number of carbonyl (C=O) groups excluding carboxylic acids is 1. The number of amides is 1. The molecule has 2 aromatic rings. The van der Waals surface area contributed by atoms with Crippen LogP contribution in [0.3, 0.4) is 0 Å². The Morgan fingerprint density at radius 1 is 1.43 bits per heavy atom. The topological polar surface area (TPSA) is 67.0 Å². The second-order valence-electron chi connectivity index (χ2n) is 4.86. The molecule has 1 amide bonds. The van der Waals surface area contributed by atoms with Crippen molar-refractivity contribution < 1.29 is 13.9 Å². The molecule has 1 heterocycles. The fraction of sp³-hybridized carbons (Fsp3) is 0.333. The maximum atomic E-state index is 12.7. The van der Waals surface area contributed by atoms with E-state index in [-0.39, 0.29) is 24.2 Å². The Bertz CT molecular complexity index is 555. The predicted molar refractivity (Wildman–Crippen MR) is 76.0 cm³/mol. The average molecular weight is 291 g/mol. The number of benzene rings is 1. The van der Waals surface area contributed by atoms with Crippen LogP contribution in [0.4, 0.5) is 4.39 Å². The molecule has 5 nitrogen and oxygen atoms in total. The van der Waals surface area contributed by atoms with Crippen LogP contribution in [-0.4, -0.2) is 28.5 Å². The molecule has 112 valence electrons. The van der Waals surface area contributed by atoms with Crippen LogP contribution in [0, 0.1) is 5.82 Å². The first kappa shape index (κ1) is 15.2. The number of nitrogens with one attached hydrogen (secondary N) is 2. The standard InChI is InChI=1S/C15H18FN3O2/c1-11(19-15(20)6-14-7-17-10-18-14)8-21-9-12-2-4-13(16)5-3-12/h2-5,7,10-11H,6,8-9H2,1H3,(H,17,18)(H,19,20). The van der Waals surface area contributed by atoms with Gasteiger partial charge in [0, 0.05) is 17.9 Å². The van der Waals surface area contributed by atoms with E-state index >= 15 is 0 Å². The summed E-state index contributed by atoms with van der Waals surface area (Å²) in [6.07, 6.45) is 3.43. The third-order valence-corrected chi connectivity index (χ3v) is 2.86. The minimum atomic E-state index is -0.266. The van der Waals surface area contributed by atoms with Gasteiger partial charge in [0.15, 0.2) is 0 Å². The Labute approximate surface area is 122 Å². The molecule has 2 N–H and O–H groups in total. The zero-order chi connectivity index (χ0) is 15.1. The van der Waals surface area contributed by atoms with Gasteiger partial charge in [-0.05, 0) is 24.6 Å². The molecule has 0 spiro atoms. The molecule has 1 unspecified atom stereocenters. The van der Waals surface area contributed by atoms with Crippen LogP contribution in [0.25, 0.3) is 0 Å². The number of carbonyl (C=O) groups is 1. The maximum absolute atomic E-state index is 12.7. The van der Waals surface area contributed by atoms with Crippen LogP contribution in [0.5, 0.6) is 0 Å². The number of ether oxygens (including phenoxy) is 1. The Morgan fingerprint density at radius 2 is 2.19 bits per heavy atom. The highest BCUT2D eigenvalue weighted by atomic mass is 19.1. The van der Waals surface area contributed by atoms with E-state index in [0.717, 1.165) is 11.3 Å². The molecule has 21 heavy (non-hydrogen) atoms. The first-order valence-electron chi connectivity index (χ1n) is 6.72. The predicted octanol–water partition coefficient (Wildman–Crippen LogP) is 1.81. The molecule has 0 aliphatic heterocycles. The van der Waals surface area contributed by atoms with Gasteiger partial charge in [-0.15, -0.1) is 0 Å². The van der Waals surface area contributed by atoms with Gasteiger partial charge in [0.2, 0.25) is 5.91 Å². The number of nitrogens with zero attached hydrogens (tertiary/aromatic N) is 1. The number of halogens is 1. The fourth-order valence-electron chi connectivity index (χ4n) is 1.86. The highest BCUT2D eigenvalue weighted by Gasteiger charge is 2.09. The summed E-state index contributed by atoms with van der Waals surface area (Å²) in [5.41, 5.74) is 1.67. The number of aromatic nitrogens is 2. The van der Waals surface area contributed by atoms with Crippen molar-refractivity contribution in [3.05, 3.63) is 53.9 Å². The van der Waals surface area contributed by atoms with Crippen LogP contribution < -0.4 is 5.32 Å². The van der Waals surface area contributed by atoms with Crippen LogP contribution in [0.15, 0.2) is 36.8 Å². The lowest BCUT2D eigenvalue weighted by molar-refractivity contribution is -0.121. The highest BCUT2D eigenvalue weighted by molar-refractivity contribution is 5.78. The van der Waals surface area contributed by atoms with E-state index in [9.17, 15) is 9.18 Å². The van der Waals surface area contributed by atoms with Crippen molar-refractivity contribution in [3.8, 4) is 0 Å². The first-order chi connectivity index (χ1) is 10.1. The number of H-pyrrole nitrogens is 1. The largest absolute Gasteiger partial charge is 0.375 e. The van der Waals surface area contributed by atoms with Crippen LogP contribution in [0.2, 0.25) is 0 Å². The van der Waals surface area contributed by atoms with E-state index in [1.54, 1.807) is 18.3 Å². The van der Waals surface area contributed by atoms with Gasteiger partial charge in [0.25, 0.3) is 0 Å². The Kier molecular flexibility index (Phi) is 5.45. The summed E-state index contributed by atoms with van der Waals surface area (Å²) in [6.45, 7) is 2.66. The van der Waals surface area contributed by atoms with Gasteiger partial charge in [0.05, 0.1) is 26.0 Å². The molecule has 0 saturated heterocycles. The van der Waals surface area contributed by atoms with E-state index in [2.05, 4.69) is 15.3 Å². The van der Waals surface area contributed by atoms with Gasteiger partial charge >= 0.3 is 0 Å². The number of rotatable bonds is 7. The molecule has 0 saturated carbocycles.